The summed E-state index contributed by atoms with van der Waals surface area (Å²) in [6.07, 6.45) is 0. The molecule has 1 heterocycles. The van der Waals surface area contributed by atoms with Crippen molar-refractivity contribution in [2.45, 2.75) is 0 Å². The predicted octanol–water partition coefficient (Wildman–Crippen LogP) is 16.0. The van der Waals surface area contributed by atoms with Gasteiger partial charge in [-0.1, -0.05) is 194 Å². The molecule has 0 saturated carbocycles. The van der Waals surface area contributed by atoms with Crippen molar-refractivity contribution >= 4 is 64.8 Å². The molecule has 0 amide bonds. The lowest BCUT2D eigenvalue weighted by molar-refractivity contribution is 0.633. The first kappa shape index (κ1) is 31.8. The van der Waals surface area contributed by atoms with E-state index in [9.17, 15) is 0 Å². The van der Waals surface area contributed by atoms with Gasteiger partial charge < -0.3 is 4.42 Å². The third kappa shape index (κ3) is 4.89. The van der Waals surface area contributed by atoms with Crippen molar-refractivity contribution in [3.8, 4) is 55.8 Å². The van der Waals surface area contributed by atoms with Crippen LogP contribution >= 0.6 is 0 Å². The maximum Gasteiger partial charge on any atom is 0.143 e. The van der Waals surface area contributed by atoms with Crippen LogP contribution in [0, 0.1) is 0 Å². The Bertz CT molecular complexity index is 3500. The van der Waals surface area contributed by atoms with Crippen LogP contribution in [-0.4, -0.2) is 0 Å². The molecule has 0 spiro atoms. The molecule has 0 aliphatic rings. The van der Waals surface area contributed by atoms with Crippen LogP contribution in [0.1, 0.15) is 0 Å². The molecule has 0 aliphatic carbocycles. The molecule has 0 unspecified atom stereocenters. The molecule has 1 heteroatoms. The van der Waals surface area contributed by atoms with Gasteiger partial charge in [-0.25, -0.2) is 0 Å². The lowest BCUT2D eigenvalue weighted by atomic mass is 9.86. The van der Waals surface area contributed by atoms with Crippen molar-refractivity contribution in [1.29, 1.82) is 0 Å². The van der Waals surface area contributed by atoms with Gasteiger partial charge in [0.05, 0.1) is 0 Å². The van der Waals surface area contributed by atoms with E-state index in [1.54, 1.807) is 0 Å². The second-order valence-electron chi connectivity index (χ2n) is 15.1. The Morgan fingerprint density at radius 2 is 0.807 bits per heavy atom. The first-order chi connectivity index (χ1) is 28.3. The Hall–Kier alpha value is -7.48. The van der Waals surface area contributed by atoms with Gasteiger partial charge in [-0.2, -0.15) is 0 Å². The van der Waals surface area contributed by atoms with Gasteiger partial charge in [0, 0.05) is 22.1 Å². The Morgan fingerprint density at radius 3 is 1.56 bits per heavy atom. The van der Waals surface area contributed by atoms with E-state index in [4.69, 9.17) is 4.42 Å². The number of furan rings is 1. The Balaban J connectivity index is 1.06. The van der Waals surface area contributed by atoms with Gasteiger partial charge >= 0.3 is 0 Å². The summed E-state index contributed by atoms with van der Waals surface area (Å²) in [6.45, 7) is 0. The van der Waals surface area contributed by atoms with Crippen LogP contribution in [0.25, 0.3) is 121 Å². The molecule has 0 aliphatic heterocycles. The third-order valence-electron chi connectivity index (χ3n) is 12.0. The molecule has 11 aromatic carbocycles. The van der Waals surface area contributed by atoms with E-state index in [-0.39, 0.29) is 0 Å². The summed E-state index contributed by atoms with van der Waals surface area (Å²) in [6, 6.07) is 75.1. The van der Waals surface area contributed by atoms with E-state index in [2.05, 4.69) is 206 Å². The summed E-state index contributed by atoms with van der Waals surface area (Å²) >= 11 is 0. The van der Waals surface area contributed by atoms with E-state index in [0.29, 0.717) is 0 Å². The molecule has 0 radical (unpaired) electrons. The topological polar surface area (TPSA) is 13.1 Å². The van der Waals surface area contributed by atoms with Crippen LogP contribution in [0.2, 0.25) is 0 Å². The van der Waals surface area contributed by atoms with Crippen LogP contribution in [0.5, 0.6) is 0 Å². The monoisotopic (exact) mass is 722 g/mol. The average molecular weight is 723 g/mol. The zero-order valence-corrected chi connectivity index (χ0v) is 31.0. The van der Waals surface area contributed by atoms with Crippen molar-refractivity contribution in [3.05, 3.63) is 206 Å². The van der Waals surface area contributed by atoms with Gasteiger partial charge in [-0.15, -0.1) is 0 Å². The number of hydrogen-bond donors (Lipinski definition) is 0. The molecule has 0 N–H and O–H groups in total. The Morgan fingerprint density at radius 1 is 0.263 bits per heavy atom. The molecule has 12 aromatic rings. The van der Waals surface area contributed by atoms with Crippen molar-refractivity contribution in [2.24, 2.45) is 0 Å². The molecule has 264 valence electrons. The predicted molar refractivity (Wildman–Crippen MR) is 242 cm³/mol. The fourth-order valence-electron chi connectivity index (χ4n) is 9.45. The standard InChI is InChI=1S/C56H34O/c1-3-13-35(14-4-1)54-50-24-12-23-49(56(50)57-55(54)38-15-5-2-6-16-38)46-30-26-37-27-31-47-43(29-25-36-28-32-48(46)53(37)52(36)47)39-18-11-19-40(33-39)51-34-41-17-7-8-20-42(41)44-21-9-10-22-45(44)51/h1-34H. The van der Waals surface area contributed by atoms with Crippen molar-refractivity contribution in [1.82, 2.24) is 0 Å². The zero-order valence-electron chi connectivity index (χ0n) is 31.0. The fourth-order valence-corrected chi connectivity index (χ4v) is 9.45. The highest BCUT2D eigenvalue weighted by Gasteiger charge is 2.22. The summed E-state index contributed by atoms with van der Waals surface area (Å²) in [4.78, 5) is 0. The number of hydrogen-bond acceptors (Lipinski definition) is 1. The molecule has 12 rings (SSSR count). The third-order valence-corrected chi connectivity index (χ3v) is 12.0. The molecule has 0 bridgehead atoms. The largest absolute Gasteiger partial charge is 0.455 e. The number of fused-ring (bicyclic) bond motifs is 4. The van der Waals surface area contributed by atoms with Crippen molar-refractivity contribution in [3.63, 3.8) is 0 Å². The first-order valence-electron chi connectivity index (χ1n) is 19.7. The van der Waals surface area contributed by atoms with Crippen LogP contribution < -0.4 is 0 Å². The van der Waals surface area contributed by atoms with Gasteiger partial charge in [0.25, 0.3) is 0 Å². The molecule has 57 heavy (non-hydrogen) atoms. The summed E-state index contributed by atoms with van der Waals surface area (Å²) in [5.41, 5.74) is 11.4. The summed E-state index contributed by atoms with van der Waals surface area (Å²) in [5.74, 6) is 0.894. The number of rotatable bonds is 5. The average Bonchev–Trinajstić information content (AvgIpc) is 3.69. The normalized spacial score (nSPS) is 11.9. The molecular formula is C56H34O. The first-order valence-corrected chi connectivity index (χ1v) is 19.7. The highest BCUT2D eigenvalue weighted by atomic mass is 16.3. The van der Waals surface area contributed by atoms with Crippen LogP contribution in [0.15, 0.2) is 211 Å². The van der Waals surface area contributed by atoms with Crippen LogP contribution in [0.3, 0.4) is 0 Å². The zero-order chi connectivity index (χ0) is 37.5. The molecule has 0 fully saturated rings. The minimum absolute atomic E-state index is 0.894. The smallest absolute Gasteiger partial charge is 0.143 e. The Kier molecular flexibility index (Phi) is 7.00. The number of benzene rings is 11. The van der Waals surface area contributed by atoms with Gasteiger partial charge in [0.1, 0.15) is 11.3 Å². The van der Waals surface area contributed by atoms with Gasteiger partial charge in [-0.05, 0) is 99.4 Å². The summed E-state index contributed by atoms with van der Waals surface area (Å²) in [5, 5.41) is 13.8. The maximum absolute atomic E-state index is 6.99. The number of para-hydroxylation sites is 1. The van der Waals surface area contributed by atoms with E-state index < -0.39 is 0 Å². The molecule has 1 nitrogen and oxygen atoms in total. The van der Waals surface area contributed by atoms with E-state index in [1.165, 1.54) is 81.7 Å². The lowest BCUT2D eigenvalue weighted by Gasteiger charge is -2.17. The minimum atomic E-state index is 0.894. The van der Waals surface area contributed by atoms with Crippen LogP contribution in [-0.2, 0) is 0 Å². The molecule has 0 saturated heterocycles. The quantitative estimate of drug-likeness (QED) is 0.161. The van der Waals surface area contributed by atoms with Crippen LogP contribution in [0.4, 0.5) is 0 Å². The SMILES string of the molecule is c1ccc(-c2oc3c(-c4ccc5ccc6c(-c7cccc(-c8cc9ccccc9c9ccccc89)c7)ccc7ccc4c5c76)cccc3c2-c2ccccc2)cc1. The van der Waals surface area contributed by atoms with E-state index in [1.807, 2.05) is 0 Å². The van der Waals surface area contributed by atoms with Gasteiger partial charge in [0.15, 0.2) is 0 Å². The second-order valence-corrected chi connectivity index (χ2v) is 15.1. The van der Waals surface area contributed by atoms with Crippen molar-refractivity contribution in [2.75, 3.05) is 0 Å². The highest BCUT2D eigenvalue weighted by molar-refractivity contribution is 6.28. The molecule has 0 atom stereocenters. The molecule has 1 aromatic heterocycles. The van der Waals surface area contributed by atoms with Gasteiger partial charge in [0.2, 0.25) is 0 Å². The second kappa shape index (κ2) is 12.5. The minimum Gasteiger partial charge on any atom is -0.455 e. The summed E-state index contributed by atoms with van der Waals surface area (Å²) in [7, 11) is 0. The Labute approximate surface area is 330 Å². The van der Waals surface area contributed by atoms with E-state index >= 15 is 0 Å². The molecular weight excluding hydrogens is 689 g/mol. The van der Waals surface area contributed by atoms with Crippen molar-refractivity contribution < 1.29 is 4.42 Å². The fraction of sp³-hybridized carbons (Fsp3) is 0. The van der Waals surface area contributed by atoms with Gasteiger partial charge in [-0.3, -0.25) is 0 Å². The lowest BCUT2D eigenvalue weighted by Crippen LogP contribution is -1.90. The highest BCUT2D eigenvalue weighted by Crippen LogP contribution is 2.47. The maximum atomic E-state index is 6.99. The van der Waals surface area contributed by atoms with E-state index in [0.717, 1.165) is 39.0 Å². The summed E-state index contributed by atoms with van der Waals surface area (Å²) < 4.78 is 6.99.